The molecule has 0 atom stereocenters. The van der Waals surface area contributed by atoms with Crippen molar-refractivity contribution in [2.45, 2.75) is 77.4 Å². The Balaban J connectivity index is 1.91. The third kappa shape index (κ3) is 4.85. The van der Waals surface area contributed by atoms with E-state index < -0.39 is 8.07 Å². The molecule has 170 valence electrons. The summed E-state index contributed by atoms with van der Waals surface area (Å²) >= 11 is 0. The van der Waals surface area contributed by atoms with Gasteiger partial charge in [-0.15, -0.1) is 5.54 Å². The Morgan fingerprint density at radius 3 is 2.09 bits per heavy atom. The summed E-state index contributed by atoms with van der Waals surface area (Å²) in [6, 6.07) is 20.2. The monoisotopic (exact) mass is 451 g/mol. The van der Waals surface area contributed by atoms with Gasteiger partial charge in [0.2, 0.25) is 0 Å². The molecule has 1 heterocycles. The van der Waals surface area contributed by atoms with Crippen LogP contribution in [0.25, 0.3) is 22.4 Å². The highest BCUT2D eigenvalue weighted by Gasteiger charge is 2.42. The summed E-state index contributed by atoms with van der Waals surface area (Å²) in [7, 11) is -1.42. The molecule has 0 saturated carbocycles. The van der Waals surface area contributed by atoms with Gasteiger partial charge in [-0.3, -0.25) is 4.98 Å². The van der Waals surface area contributed by atoms with Crippen LogP contribution in [0.2, 0.25) is 19.6 Å². The molecule has 2 heteroatoms. The third-order valence-corrected chi connectivity index (χ3v) is 7.69. The van der Waals surface area contributed by atoms with Crippen LogP contribution >= 0.6 is 0 Å². The number of aromatic nitrogens is 1. The van der Waals surface area contributed by atoms with Gasteiger partial charge in [0.15, 0.2) is 0 Å². The summed E-state index contributed by atoms with van der Waals surface area (Å²) in [5.74, 6) is 3.53. The van der Waals surface area contributed by atoms with Crippen LogP contribution in [-0.4, -0.2) is 13.1 Å². The zero-order chi connectivity index (χ0) is 23.5. The minimum absolute atomic E-state index is 0.0678. The van der Waals surface area contributed by atoms with Gasteiger partial charge in [0.1, 0.15) is 8.07 Å². The number of rotatable bonds is 7. The maximum atomic E-state index is 4.64. The van der Waals surface area contributed by atoms with Crippen LogP contribution < -0.4 is 0 Å². The largest absolute Gasteiger partial charge is 0.256 e. The quantitative estimate of drug-likeness (QED) is 0.259. The Labute approximate surface area is 201 Å². The molecular weight excluding hydrogens is 414 g/mol. The SMILES string of the molecule is CCCCC1(CCCC)c2cc(C#C[Si](C)(C)C)ccc2-c2ccc(-c3ccccn3)cc21. The van der Waals surface area contributed by atoms with Gasteiger partial charge in [0, 0.05) is 22.7 Å². The van der Waals surface area contributed by atoms with Gasteiger partial charge in [-0.1, -0.05) is 89.4 Å². The standard InChI is InChI=1S/C31H37NSi/c1-6-8-18-31(19-9-7-2)28-22-24(17-21-33(3,4)5)13-15-26(28)27-16-14-25(23-29(27)31)30-12-10-11-20-32-30/h10-16,20,22-23H,6-9,18-19H2,1-5H3. The topological polar surface area (TPSA) is 12.9 Å². The molecule has 1 aromatic heterocycles. The number of unbranched alkanes of at least 4 members (excludes halogenated alkanes) is 2. The minimum Gasteiger partial charge on any atom is -0.256 e. The van der Waals surface area contributed by atoms with E-state index in [0.29, 0.717) is 0 Å². The zero-order valence-electron chi connectivity index (χ0n) is 21.0. The first-order chi connectivity index (χ1) is 15.9. The second-order valence-electron chi connectivity index (χ2n) is 10.5. The average molecular weight is 452 g/mol. The smallest absolute Gasteiger partial charge is 0.129 e. The second kappa shape index (κ2) is 9.70. The molecule has 1 aliphatic rings. The van der Waals surface area contributed by atoms with Crippen LogP contribution in [0.5, 0.6) is 0 Å². The van der Waals surface area contributed by atoms with Crippen molar-refractivity contribution in [1.29, 1.82) is 0 Å². The molecule has 1 aliphatic carbocycles. The number of pyridine rings is 1. The molecule has 0 N–H and O–H groups in total. The maximum absolute atomic E-state index is 4.64. The average Bonchev–Trinajstić information content (AvgIpc) is 3.09. The molecule has 0 aliphatic heterocycles. The Morgan fingerprint density at radius 1 is 0.818 bits per heavy atom. The van der Waals surface area contributed by atoms with Crippen molar-refractivity contribution in [1.82, 2.24) is 4.98 Å². The van der Waals surface area contributed by atoms with E-state index in [1.54, 1.807) is 0 Å². The van der Waals surface area contributed by atoms with E-state index in [2.05, 4.69) is 98.5 Å². The maximum Gasteiger partial charge on any atom is 0.129 e. The fraction of sp³-hybridized carbons (Fsp3) is 0.387. The van der Waals surface area contributed by atoms with Crippen LogP contribution in [-0.2, 0) is 5.41 Å². The number of benzene rings is 2. The van der Waals surface area contributed by atoms with Crippen LogP contribution in [0.15, 0.2) is 60.8 Å². The van der Waals surface area contributed by atoms with Gasteiger partial charge in [0.25, 0.3) is 0 Å². The molecule has 3 aromatic rings. The van der Waals surface area contributed by atoms with Crippen LogP contribution in [0.1, 0.15) is 69.1 Å². The Bertz CT molecular complexity index is 1170. The van der Waals surface area contributed by atoms with E-state index in [4.69, 9.17) is 0 Å². The summed E-state index contributed by atoms with van der Waals surface area (Å²) in [6.45, 7) is 11.6. The first-order valence-corrected chi connectivity index (χ1v) is 16.1. The summed E-state index contributed by atoms with van der Waals surface area (Å²) in [6.07, 6.45) is 9.19. The first-order valence-electron chi connectivity index (χ1n) is 12.6. The van der Waals surface area contributed by atoms with Crippen molar-refractivity contribution >= 4 is 8.07 Å². The lowest BCUT2D eigenvalue weighted by Crippen LogP contribution is -2.25. The lowest BCUT2D eigenvalue weighted by Gasteiger charge is -2.33. The molecule has 0 saturated heterocycles. The molecule has 0 fully saturated rings. The van der Waals surface area contributed by atoms with E-state index in [1.165, 1.54) is 71.9 Å². The van der Waals surface area contributed by atoms with E-state index in [0.717, 1.165) is 5.69 Å². The zero-order valence-corrected chi connectivity index (χ0v) is 22.0. The van der Waals surface area contributed by atoms with Gasteiger partial charge in [-0.2, -0.15) is 0 Å². The highest BCUT2D eigenvalue weighted by molar-refractivity contribution is 6.83. The van der Waals surface area contributed by atoms with Crippen molar-refractivity contribution in [3.8, 4) is 33.8 Å². The number of hydrogen-bond acceptors (Lipinski definition) is 1. The van der Waals surface area contributed by atoms with Crippen LogP contribution in [0.3, 0.4) is 0 Å². The summed E-state index contributed by atoms with van der Waals surface area (Å²) < 4.78 is 0. The number of fused-ring (bicyclic) bond motifs is 3. The normalized spacial score (nSPS) is 13.7. The van der Waals surface area contributed by atoms with Gasteiger partial charge in [-0.25, -0.2) is 0 Å². The van der Waals surface area contributed by atoms with E-state index in [1.807, 2.05) is 12.3 Å². The fourth-order valence-electron chi connectivity index (χ4n) is 5.15. The van der Waals surface area contributed by atoms with Crippen molar-refractivity contribution in [2.24, 2.45) is 0 Å². The predicted molar refractivity (Wildman–Crippen MR) is 145 cm³/mol. The van der Waals surface area contributed by atoms with Gasteiger partial charge in [-0.05, 0) is 65.4 Å². The molecule has 0 spiro atoms. The van der Waals surface area contributed by atoms with Crippen LogP contribution in [0, 0.1) is 11.5 Å². The minimum atomic E-state index is -1.42. The lowest BCUT2D eigenvalue weighted by molar-refractivity contribution is 0.414. The van der Waals surface area contributed by atoms with Crippen molar-refractivity contribution in [2.75, 3.05) is 0 Å². The number of nitrogens with zero attached hydrogens (tertiary/aromatic N) is 1. The van der Waals surface area contributed by atoms with Crippen molar-refractivity contribution in [3.63, 3.8) is 0 Å². The van der Waals surface area contributed by atoms with Crippen molar-refractivity contribution < 1.29 is 0 Å². The van der Waals surface area contributed by atoms with E-state index >= 15 is 0 Å². The summed E-state index contributed by atoms with van der Waals surface area (Å²) in [5.41, 5.74) is 12.9. The molecule has 33 heavy (non-hydrogen) atoms. The van der Waals surface area contributed by atoms with E-state index in [-0.39, 0.29) is 5.41 Å². The molecular formula is C31H37NSi. The molecule has 1 nitrogen and oxygen atoms in total. The van der Waals surface area contributed by atoms with Crippen molar-refractivity contribution in [3.05, 3.63) is 77.5 Å². The first kappa shape index (κ1) is 23.5. The third-order valence-electron chi connectivity index (χ3n) is 6.82. The number of hydrogen-bond donors (Lipinski definition) is 0. The Kier molecular flexibility index (Phi) is 6.91. The molecule has 0 bridgehead atoms. The molecule has 2 aromatic carbocycles. The predicted octanol–water partition coefficient (Wildman–Crippen LogP) is 8.62. The molecule has 4 rings (SSSR count). The van der Waals surface area contributed by atoms with Crippen LogP contribution in [0.4, 0.5) is 0 Å². The van der Waals surface area contributed by atoms with Gasteiger partial charge in [0.05, 0.1) is 5.69 Å². The molecule has 0 radical (unpaired) electrons. The highest BCUT2D eigenvalue weighted by Crippen LogP contribution is 2.55. The highest BCUT2D eigenvalue weighted by atomic mass is 28.3. The van der Waals surface area contributed by atoms with E-state index in [9.17, 15) is 0 Å². The fourth-order valence-corrected chi connectivity index (χ4v) is 5.67. The van der Waals surface area contributed by atoms with Gasteiger partial charge < -0.3 is 0 Å². The Hall–Kier alpha value is -2.63. The lowest BCUT2D eigenvalue weighted by atomic mass is 9.70. The summed E-state index contributed by atoms with van der Waals surface area (Å²) in [4.78, 5) is 4.64. The summed E-state index contributed by atoms with van der Waals surface area (Å²) in [5, 5.41) is 0. The Morgan fingerprint density at radius 2 is 1.48 bits per heavy atom. The van der Waals surface area contributed by atoms with Gasteiger partial charge >= 0.3 is 0 Å². The molecule has 0 amide bonds. The second-order valence-corrected chi connectivity index (χ2v) is 15.3. The molecule has 0 unspecified atom stereocenters.